The number of hydrogen-bond acceptors (Lipinski definition) is 7. The van der Waals surface area contributed by atoms with Gasteiger partial charge in [-0.25, -0.2) is 4.98 Å². The highest BCUT2D eigenvalue weighted by Gasteiger charge is 2.21. The summed E-state index contributed by atoms with van der Waals surface area (Å²) in [6, 6.07) is 3.64. The standard InChI is InChI=1S/C17H22N6O2/c1-2-23-6-5-18-15(23)12-21-7-9-22(10-8-21)13-16-19-17(20-25-16)14-4-3-11-24-14/h3-6,11H,2,7-10,12-13H2,1H3. The fraction of sp³-hybridized carbons (Fsp3) is 0.471. The maximum absolute atomic E-state index is 5.34. The molecule has 0 spiro atoms. The minimum atomic E-state index is 0.505. The number of aryl methyl sites for hydroxylation is 1. The van der Waals surface area contributed by atoms with Gasteiger partial charge in [-0.05, 0) is 19.1 Å². The van der Waals surface area contributed by atoms with Gasteiger partial charge >= 0.3 is 0 Å². The second-order valence-corrected chi connectivity index (χ2v) is 6.17. The van der Waals surface area contributed by atoms with E-state index in [0.717, 1.165) is 45.1 Å². The highest BCUT2D eigenvalue weighted by molar-refractivity contribution is 5.44. The molecule has 0 amide bonds. The maximum Gasteiger partial charge on any atom is 0.241 e. The van der Waals surface area contributed by atoms with Gasteiger partial charge in [0, 0.05) is 45.1 Å². The molecule has 25 heavy (non-hydrogen) atoms. The molecule has 0 saturated carbocycles. The van der Waals surface area contributed by atoms with Crippen LogP contribution in [-0.4, -0.2) is 55.7 Å². The Bertz CT molecular complexity index is 786. The first-order valence-electron chi connectivity index (χ1n) is 8.63. The minimum Gasteiger partial charge on any atom is -0.461 e. The van der Waals surface area contributed by atoms with E-state index in [0.29, 0.717) is 24.0 Å². The van der Waals surface area contributed by atoms with E-state index in [1.165, 1.54) is 0 Å². The predicted molar refractivity (Wildman–Crippen MR) is 90.5 cm³/mol. The lowest BCUT2D eigenvalue weighted by molar-refractivity contribution is 0.109. The van der Waals surface area contributed by atoms with Crippen LogP contribution in [0.15, 0.2) is 39.7 Å². The molecule has 1 fully saturated rings. The van der Waals surface area contributed by atoms with E-state index >= 15 is 0 Å². The molecule has 8 nitrogen and oxygen atoms in total. The predicted octanol–water partition coefficient (Wildman–Crippen LogP) is 1.86. The van der Waals surface area contributed by atoms with Crippen molar-refractivity contribution in [2.24, 2.45) is 0 Å². The zero-order valence-electron chi connectivity index (χ0n) is 14.3. The van der Waals surface area contributed by atoms with Crippen LogP contribution in [0.3, 0.4) is 0 Å². The summed E-state index contributed by atoms with van der Waals surface area (Å²) in [5, 5.41) is 3.98. The molecule has 0 atom stereocenters. The molecule has 3 aromatic heterocycles. The van der Waals surface area contributed by atoms with Crippen LogP contribution in [0, 0.1) is 0 Å². The smallest absolute Gasteiger partial charge is 0.241 e. The third kappa shape index (κ3) is 3.64. The maximum atomic E-state index is 5.34. The Kier molecular flexibility index (Phi) is 4.62. The summed E-state index contributed by atoms with van der Waals surface area (Å²) in [7, 11) is 0. The average molecular weight is 342 g/mol. The molecule has 1 aliphatic heterocycles. The number of imidazole rings is 1. The lowest BCUT2D eigenvalue weighted by atomic mass is 10.3. The van der Waals surface area contributed by atoms with Crippen molar-refractivity contribution in [3.8, 4) is 11.6 Å². The molecule has 1 aliphatic rings. The Labute approximate surface area is 146 Å². The molecule has 0 N–H and O–H groups in total. The molecule has 4 heterocycles. The number of nitrogens with zero attached hydrogens (tertiary/aromatic N) is 6. The summed E-state index contributed by atoms with van der Waals surface area (Å²) in [5.74, 6) is 2.90. The third-order valence-corrected chi connectivity index (χ3v) is 4.54. The molecule has 0 aliphatic carbocycles. The molecular weight excluding hydrogens is 320 g/mol. The molecule has 4 rings (SSSR count). The molecule has 132 valence electrons. The van der Waals surface area contributed by atoms with Gasteiger partial charge in [-0.1, -0.05) is 5.16 Å². The normalized spacial score (nSPS) is 16.5. The van der Waals surface area contributed by atoms with Gasteiger partial charge in [-0.2, -0.15) is 4.98 Å². The van der Waals surface area contributed by atoms with Gasteiger partial charge in [0.15, 0.2) is 5.76 Å². The molecule has 8 heteroatoms. The van der Waals surface area contributed by atoms with Gasteiger partial charge in [0.05, 0.1) is 19.4 Å². The molecule has 3 aromatic rings. The Morgan fingerprint density at radius 1 is 1.12 bits per heavy atom. The number of furan rings is 1. The SMILES string of the molecule is CCn1ccnc1CN1CCN(Cc2nc(-c3ccco3)no2)CC1. The lowest BCUT2D eigenvalue weighted by Crippen LogP contribution is -2.45. The highest BCUT2D eigenvalue weighted by atomic mass is 16.5. The molecule has 0 aromatic carbocycles. The monoisotopic (exact) mass is 342 g/mol. The van der Waals surface area contributed by atoms with Crippen LogP contribution in [-0.2, 0) is 19.6 Å². The van der Waals surface area contributed by atoms with Crippen molar-refractivity contribution in [1.29, 1.82) is 0 Å². The van der Waals surface area contributed by atoms with E-state index in [9.17, 15) is 0 Å². The fourth-order valence-corrected chi connectivity index (χ4v) is 3.10. The van der Waals surface area contributed by atoms with Crippen molar-refractivity contribution in [2.75, 3.05) is 26.2 Å². The van der Waals surface area contributed by atoms with E-state index in [-0.39, 0.29) is 0 Å². The Morgan fingerprint density at radius 3 is 2.64 bits per heavy atom. The van der Waals surface area contributed by atoms with Crippen molar-refractivity contribution in [2.45, 2.75) is 26.6 Å². The van der Waals surface area contributed by atoms with Crippen molar-refractivity contribution < 1.29 is 8.94 Å². The summed E-state index contributed by atoms with van der Waals surface area (Å²) in [4.78, 5) is 13.6. The first kappa shape index (κ1) is 16.0. The van der Waals surface area contributed by atoms with Crippen LogP contribution in [0.2, 0.25) is 0 Å². The summed E-state index contributed by atoms with van der Waals surface area (Å²) < 4.78 is 12.8. The number of rotatable bonds is 6. The first-order valence-corrected chi connectivity index (χ1v) is 8.63. The number of aromatic nitrogens is 4. The number of hydrogen-bond donors (Lipinski definition) is 0. The lowest BCUT2D eigenvalue weighted by Gasteiger charge is -2.33. The fourth-order valence-electron chi connectivity index (χ4n) is 3.10. The highest BCUT2D eigenvalue weighted by Crippen LogP contribution is 2.17. The number of piperazine rings is 1. The van der Waals surface area contributed by atoms with Crippen LogP contribution in [0.4, 0.5) is 0 Å². The van der Waals surface area contributed by atoms with E-state index < -0.39 is 0 Å². The topological polar surface area (TPSA) is 76.4 Å². The van der Waals surface area contributed by atoms with Gasteiger partial charge in [-0.3, -0.25) is 9.80 Å². The molecule has 0 unspecified atom stereocenters. The molecule has 0 bridgehead atoms. The first-order chi connectivity index (χ1) is 12.3. The minimum absolute atomic E-state index is 0.505. The summed E-state index contributed by atoms with van der Waals surface area (Å²) in [6.45, 7) is 8.65. The van der Waals surface area contributed by atoms with Crippen molar-refractivity contribution in [3.63, 3.8) is 0 Å². The van der Waals surface area contributed by atoms with Gasteiger partial charge in [0.1, 0.15) is 5.82 Å². The van der Waals surface area contributed by atoms with Crippen molar-refractivity contribution >= 4 is 0 Å². The Balaban J connectivity index is 1.29. The van der Waals surface area contributed by atoms with Crippen LogP contribution >= 0.6 is 0 Å². The molecule has 1 saturated heterocycles. The average Bonchev–Trinajstić information content (AvgIpc) is 3.38. The van der Waals surface area contributed by atoms with Crippen molar-refractivity contribution in [3.05, 3.63) is 42.5 Å². The second kappa shape index (κ2) is 7.20. The quantitative estimate of drug-likeness (QED) is 0.677. The largest absolute Gasteiger partial charge is 0.461 e. The molecular formula is C17H22N6O2. The van der Waals surface area contributed by atoms with E-state index in [1.54, 1.807) is 6.26 Å². The van der Waals surface area contributed by atoms with Gasteiger partial charge in [-0.15, -0.1) is 0 Å². The van der Waals surface area contributed by atoms with Gasteiger partial charge in [0.2, 0.25) is 11.7 Å². The van der Waals surface area contributed by atoms with Crippen LogP contribution in [0.1, 0.15) is 18.6 Å². The summed E-state index contributed by atoms with van der Waals surface area (Å²) in [5.41, 5.74) is 0. The zero-order valence-corrected chi connectivity index (χ0v) is 14.3. The van der Waals surface area contributed by atoms with Gasteiger partial charge < -0.3 is 13.5 Å². The van der Waals surface area contributed by atoms with Crippen LogP contribution < -0.4 is 0 Å². The summed E-state index contributed by atoms with van der Waals surface area (Å²) in [6.07, 6.45) is 5.52. The van der Waals surface area contributed by atoms with E-state index in [1.807, 2.05) is 24.5 Å². The van der Waals surface area contributed by atoms with Crippen molar-refractivity contribution in [1.82, 2.24) is 29.5 Å². The third-order valence-electron chi connectivity index (χ3n) is 4.54. The summed E-state index contributed by atoms with van der Waals surface area (Å²) >= 11 is 0. The second-order valence-electron chi connectivity index (χ2n) is 6.17. The molecule has 0 radical (unpaired) electrons. The Morgan fingerprint density at radius 2 is 1.92 bits per heavy atom. The van der Waals surface area contributed by atoms with Crippen LogP contribution in [0.5, 0.6) is 0 Å². The van der Waals surface area contributed by atoms with E-state index in [2.05, 4.69) is 36.4 Å². The van der Waals surface area contributed by atoms with E-state index in [4.69, 9.17) is 8.94 Å². The Hall–Kier alpha value is -2.45. The van der Waals surface area contributed by atoms with Crippen LogP contribution in [0.25, 0.3) is 11.6 Å². The van der Waals surface area contributed by atoms with Gasteiger partial charge in [0.25, 0.3) is 0 Å². The zero-order chi connectivity index (χ0) is 17.1.